The number of hydroxylamine groups is 1. The van der Waals surface area contributed by atoms with Crippen LogP contribution in [0.3, 0.4) is 0 Å². The van der Waals surface area contributed by atoms with Gasteiger partial charge in [0.2, 0.25) is 0 Å². The second kappa shape index (κ2) is 6.79. The van der Waals surface area contributed by atoms with Crippen LogP contribution in [0.1, 0.15) is 0 Å². The summed E-state index contributed by atoms with van der Waals surface area (Å²) in [5.74, 6) is 0. The molecule has 0 spiro atoms. The summed E-state index contributed by atoms with van der Waals surface area (Å²) < 4.78 is 20.2. The third kappa shape index (κ3) is 11.3. The van der Waals surface area contributed by atoms with Crippen LogP contribution in [0.2, 0.25) is 0 Å². The Bertz CT molecular complexity index is 192. The molecule has 0 aliphatic rings. The van der Waals surface area contributed by atoms with Gasteiger partial charge in [-0.3, -0.25) is 0 Å². The Morgan fingerprint density at radius 3 is 3.18 bits per heavy atom. The number of nitrogens with one attached hydrogen (secondary N) is 1. The maximum atomic E-state index is 11.1. The Balaban J connectivity index is 3.43. The summed E-state index contributed by atoms with van der Waals surface area (Å²) in [5.41, 5.74) is 7.69. The fourth-order valence-corrected chi connectivity index (χ4v) is 1.40. The minimum absolute atomic E-state index is 0.466. The van der Waals surface area contributed by atoms with E-state index < -0.39 is 24.5 Å². The number of rotatable bonds is 6. The van der Waals surface area contributed by atoms with Gasteiger partial charge in [-0.2, -0.15) is 0 Å². The summed E-state index contributed by atoms with van der Waals surface area (Å²) in [7, 11) is 0. The molecule has 0 heterocycles. The number of nitrogens with two attached hydrogens (primary N) is 1. The molecule has 0 amide bonds. The topological polar surface area (TPSA) is 64.3 Å². The molecule has 0 radical (unpaired) electrons. The summed E-state index contributed by atoms with van der Waals surface area (Å²) in [6, 6.07) is 0. The van der Waals surface area contributed by atoms with Gasteiger partial charge in [-0.25, -0.2) is 0 Å². The van der Waals surface area contributed by atoms with Gasteiger partial charge in [0.25, 0.3) is 0 Å². The van der Waals surface area contributed by atoms with Crippen molar-refractivity contribution in [3.8, 4) is 0 Å². The second-order valence-electron chi connectivity index (χ2n) is 1.56. The molecule has 0 fully saturated rings. The molecular weight excluding hydrogens is 393 g/mol. The molecule has 0 aliphatic heterocycles. The van der Waals surface area contributed by atoms with Crippen molar-refractivity contribution >= 4 is 24.7 Å². The van der Waals surface area contributed by atoms with Crippen LogP contribution in [0.25, 0.3) is 0 Å². The Hall–Kier alpha value is 1.31. The van der Waals surface area contributed by atoms with Crippen LogP contribution in [0.4, 0.5) is 0 Å². The molecule has 11 heavy (non-hydrogen) atoms. The quantitative estimate of drug-likeness (QED) is 0.174. The molecule has 1 unspecified atom stereocenters. The molecule has 0 bridgehead atoms. The Labute approximate surface area is 92.1 Å². The monoisotopic (exact) mass is 404 g/mol. The van der Waals surface area contributed by atoms with Crippen molar-refractivity contribution in [2.75, 3.05) is 13.1 Å². The summed E-state index contributed by atoms with van der Waals surface area (Å²) in [4.78, 5) is 0. The number of halogens is 2. The molecule has 0 aromatic rings. The van der Waals surface area contributed by atoms with Gasteiger partial charge in [0, 0.05) is 0 Å². The fraction of sp³-hybridized carbons (Fsp3) is 0.500. The zero-order valence-electron chi connectivity index (χ0n) is 6.67. The van der Waals surface area contributed by atoms with Gasteiger partial charge in [-0.1, -0.05) is 0 Å². The van der Waals surface area contributed by atoms with E-state index in [2.05, 4.69) is 5.48 Å². The molecule has 4 nitrogen and oxygen atoms in total. The zero-order chi connectivity index (χ0) is 9.45. The summed E-state index contributed by atoms with van der Waals surface area (Å²) >= 11 is 0.578. The first kappa shape index (κ1) is 10.4. The number of hydrogen-bond acceptors (Lipinski definition) is 4. The summed E-state index contributed by atoms with van der Waals surface area (Å²) in [6.07, 6.45) is 3.54. The van der Waals surface area contributed by atoms with Gasteiger partial charge >= 0.3 is 92.8 Å². The molecular formula is C4H10I2N2O2P-. The van der Waals surface area contributed by atoms with Gasteiger partial charge in [0.1, 0.15) is 0 Å². The van der Waals surface area contributed by atoms with Gasteiger partial charge < -0.3 is 0 Å². The molecule has 3 N–H and O–H groups in total. The molecule has 1 atom stereocenters. The predicted octanol–water partition coefficient (Wildman–Crippen LogP) is -2.15. The van der Waals surface area contributed by atoms with Crippen LogP contribution in [0.15, 0.2) is 12.2 Å². The van der Waals surface area contributed by atoms with E-state index in [1.165, 1.54) is 0 Å². The van der Waals surface area contributed by atoms with E-state index in [0.717, 1.165) is 0 Å². The van der Waals surface area contributed by atoms with E-state index in [-0.39, 0.29) is 0 Å². The van der Waals surface area contributed by atoms with Crippen molar-refractivity contribution in [1.29, 1.82) is 0.594 Å². The Morgan fingerprint density at radius 1 is 1.91 bits per heavy atom. The average molecular weight is 404 g/mol. The first-order valence-corrected chi connectivity index (χ1v) is 10.0. The molecule has 0 aromatic heterocycles. The molecule has 7 heteroatoms. The van der Waals surface area contributed by atoms with Crippen LogP contribution in [0, 0.1) is 0 Å². The molecule has 0 saturated heterocycles. The van der Waals surface area contributed by atoms with Crippen molar-refractivity contribution in [2.45, 2.75) is 0 Å². The summed E-state index contributed by atoms with van der Waals surface area (Å²) in [5, 5.41) is 0. The molecule has 0 aromatic carbocycles. The van der Waals surface area contributed by atoms with Gasteiger partial charge in [0.15, 0.2) is 0 Å². The van der Waals surface area contributed by atoms with E-state index in [1.807, 2.05) is 0 Å². The van der Waals surface area contributed by atoms with Crippen molar-refractivity contribution in [1.82, 2.24) is 5.48 Å². The van der Waals surface area contributed by atoms with E-state index in [1.54, 1.807) is 34.2 Å². The van der Waals surface area contributed by atoms with E-state index in [4.69, 9.17) is 11.0 Å². The van der Waals surface area contributed by atoms with E-state index in [0.29, 0.717) is 13.1 Å². The molecule has 0 aliphatic carbocycles. The molecule has 68 valence electrons. The van der Waals surface area contributed by atoms with Crippen LogP contribution < -0.4 is 33.1 Å². The Morgan fingerprint density at radius 2 is 2.64 bits per heavy atom. The second-order valence-corrected chi connectivity index (χ2v) is 15.7. The maximum absolute atomic E-state index is 11.1. The van der Waals surface area contributed by atoms with Crippen LogP contribution >= 0.6 is 24.7 Å². The predicted molar refractivity (Wildman–Crippen MR) is 50.3 cm³/mol. The van der Waals surface area contributed by atoms with Crippen LogP contribution in [0.5, 0.6) is 0 Å². The van der Waals surface area contributed by atoms with Crippen molar-refractivity contribution in [2.24, 2.45) is 5.73 Å². The Kier molecular flexibility index (Phi) is 6.41. The minimum atomic E-state index is -2.65. The third-order valence-electron chi connectivity index (χ3n) is 0.675. The molecule has 0 saturated carbocycles. The third-order valence-corrected chi connectivity index (χ3v) is 2.20. The standard InChI is InChI=1S/C4H10I2N2O2P/c5-11(6,9)10-8-4-2-1-3-7/h1-2,5,8H,3-4,7H2/q-1/b2-1+/i5D. The van der Waals surface area contributed by atoms with E-state index in [9.17, 15) is 4.57 Å². The van der Waals surface area contributed by atoms with E-state index >= 15 is 0 Å². The van der Waals surface area contributed by atoms with Crippen molar-refractivity contribution in [3.05, 3.63) is 12.2 Å². The normalized spacial score (nSPS) is 18.5. The molecule has 0 rings (SSSR count). The van der Waals surface area contributed by atoms with Gasteiger partial charge in [0.05, 0.1) is 0 Å². The SMILES string of the molecule is [2H][I-]P(=O)(I)ONC/C=C/CN. The van der Waals surface area contributed by atoms with Gasteiger partial charge in [-0.15, -0.1) is 0 Å². The summed E-state index contributed by atoms with van der Waals surface area (Å²) in [6.45, 7) is 0.947. The fourth-order valence-electron chi connectivity index (χ4n) is 0.340. The van der Waals surface area contributed by atoms with Crippen LogP contribution in [-0.2, 0) is 9.19 Å². The van der Waals surface area contributed by atoms with Crippen molar-refractivity contribution in [3.63, 3.8) is 0 Å². The first-order chi connectivity index (χ1) is 5.62. The first-order valence-electron chi connectivity index (χ1n) is 3.20. The van der Waals surface area contributed by atoms with Crippen LogP contribution in [-0.4, -0.2) is 13.7 Å². The zero-order valence-corrected chi connectivity index (χ0v) is 10.9. The van der Waals surface area contributed by atoms with Gasteiger partial charge in [-0.05, 0) is 0 Å². The number of hydrogen-bond donors (Lipinski definition) is 2. The average Bonchev–Trinajstić information content (AvgIpc) is 2.04. The van der Waals surface area contributed by atoms with Crippen molar-refractivity contribution < 1.29 is 31.0 Å².